The molecule has 1 N–H and O–H groups in total. The molecule has 0 radical (unpaired) electrons. The molecule has 2 heteroatoms. The molecule has 0 spiro atoms. The van der Waals surface area contributed by atoms with Crippen LogP contribution < -0.4 is 10.1 Å². The van der Waals surface area contributed by atoms with Crippen molar-refractivity contribution in [2.45, 2.75) is 84.8 Å². The number of ether oxygens (including phenoxy) is 1. The highest BCUT2D eigenvalue weighted by molar-refractivity contribution is 5.29. The Morgan fingerprint density at radius 2 is 1.55 bits per heavy atom. The van der Waals surface area contributed by atoms with Crippen molar-refractivity contribution in [2.24, 2.45) is 0 Å². The molecule has 0 bridgehead atoms. The van der Waals surface area contributed by atoms with E-state index < -0.39 is 0 Å². The molecule has 1 aromatic carbocycles. The third-order valence-electron chi connectivity index (χ3n) is 4.27. The van der Waals surface area contributed by atoms with Crippen LogP contribution in [-0.2, 0) is 0 Å². The Morgan fingerprint density at radius 1 is 0.909 bits per heavy atom. The molecule has 2 unspecified atom stereocenters. The topological polar surface area (TPSA) is 21.3 Å². The fourth-order valence-corrected chi connectivity index (χ4v) is 2.49. The monoisotopic (exact) mass is 305 g/mol. The van der Waals surface area contributed by atoms with Gasteiger partial charge in [0.1, 0.15) is 5.75 Å². The average molecular weight is 306 g/mol. The van der Waals surface area contributed by atoms with Crippen LogP contribution in [0.5, 0.6) is 5.75 Å². The van der Waals surface area contributed by atoms with Crippen LogP contribution in [0.4, 0.5) is 0 Å². The maximum Gasteiger partial charge on any atom is 0.119 e. The predicted octanol–water partition coefficient (Wildman–Crippen LogP) is 5.88. The van der Waals surface area contributed by atoms with Crippen molar-refractivity contribution in [3.8, 4) is 5.75 Å². The van der Waals surface area contributed by atoms with Crippen LogP contribution in [0.1, 0.15) is 84.2 Å². The summed E-state index contributed by atoms with van der Waals surface area (Å²) in [5.41, 5.74) is 1.34. The maximum absolute atomic E-state index is 5.82. The van der Waals surface area contributed by atoms with Crippen LogP contribution in [0.2, 0.25) is 0 Å². The van der Waals surface area contributed by atoms with E-state index in [-0.39, 0.29) is 6.10 Å². The molecule has 22 heavy (non-hydrogen) atoms. The second kappa shape index (κ2) is 11.5. The van der Waals surface area contributed by atoms with Gasteiger partial charge in [0.2, 0.25) is 0 Å². The Balaban J connectivity index is 2.23. The van der Waals surface area contributed by atoms with Crippen LogP contribution >= 0.6 is 0 Å². The highest BCUT2D eigenvalue weighted by Crippen LogP contribution is 2.19. The number of benzene rings is 1. The van der Waals surface area contributed by atoms with Gasteiger partial charge in [-0.25, -0.2) is 0 Å². The van der Waals surface area contributed by atoms with Crippen molar-refractivity contribution >= 4 is 0 Å². The van der Waals surface area contributed by atoms with E-state index in [0.29, 0.717) is 6.04 Å². The molecule has 2 atom stereocenters. The lowest BCUT2D eigenvalue weighted by Crippen LogP contribution is -2.19. The fourth-order valence-electron chi connectivity index (χ4n) is 2.49. The van der Waals surface area contributed by atoms with Crippen molar-refractivity contribution < 1.29 is 4.74 Å². The minimum absolute atomic E-state index is 0.286. The highest BCUT2D eigenvalue weighted by atomic mass is 16.5. The van der Waals surface area contributed by atoms with Gasteiger partial charge in [-0.05, 0) is 50.9 Å². The standard InChI is InChI=1S/C20H35NO/c1-5-7-8-9-10-11-16-21-18(4)19-12-14-20(15-13-19)22-17(3)6-2/h12-15,17-18,21H,5-11,16H2,1-4H3. The minimum atomic E-state index is 0.286. The van der Waals surface area contributed by atoms with Crippen molar-refractivity contribution in [1.82, 2.24) is 5.32 Å². The SMILES string of the molecule is CCCCCCCCNC(C)c1ccc(OC(C)CC)cc1. The van der Waals surface area contributed by atoms with Gasteiger partial charge in [-0.2, -0.15) is 0 Å². The van der Waals surface area contributed by atoms with Gasteiger partial charge < -0.3 is 10.1 Å². The summed E-state index contributed by atoms with van der Waals surface area (Å²) in [4.78, 5) is 0. The second-order valence-electron chi connectivity index (χ2n) is 6.35. The summed E-state index contributed by atoms with van der Waals surface area (Å²) < 4.78 is 5.82. The van der Waals surface area contributed by atoms with Gasteiger partial charge in [-0.1, -0.05) is 58.1 Å². The number of unbranched alkanes of at least 4 members (excludes halogenated alkanes) is 5. The van der Waals surface area contributed by atoms with E-state index in [1.807, 2.05) is 0 Å². The Labute approximate surface area is 137 Å². The molecule has 0 amide bonds. The first-order valence-electron chi connectivity index (χ1n) is 9.17. The van der Waals surface area contributed by atoms with Crippen molar-refractivity contribution in [1.29, 1.82) is 0 Å². The summed E-state index contributed by atoms with van der Waals surface area (Å²) in [6, 6.07) is 8.94. The van der Waals surface area contributed by atoms with Gasteiger partial charge in [0.15, 0.2) is 0 Å². The summed E-state index contributed by atoms with van der Waals surface area (Å²) in [7, 11) is 0. The summed E-state index contributed by atoms with van der Waals surface area (Å²) in [6.45, 7) is 9.87. The zero-order valence-corrected chi connectivity index (χ0v) is 15.0. The van der Waals surface area contributed by atoms with E-state index in [2.05, 4.69) is 57.3 Å². The van der Waals surface area contributed by atoms with E-state index >= 15 is 0 Å². The third kappa shape index (κ3) is 7.84. The van der Waals surface area contributed by atoms with Crippen molar-refractivity contribution in [3.05, 3.63) is 29.8 Å². The van der Waals surface area contributed by atoms with Crippen molar-refractivity contribution in [2.75, 3.05) is 6.54 Å². The molecule has 0 aromatic heterocycles. The van der Waals surface area contributed by atoms with E-state index in [4.69, 9.17) is 4.74 Å². The van der Waals surface area contributed by atoms with Crippen LogP contribution in [0.15, 0.2) is 24.3 Å². The van der Waals surface area contributed by atoms with Gasteiger partial charge >= 0.3 is 0 Å². The first-order chi connectivity index (χ1) is 10.7. The summed E-state index contributed by atoms with van der Waals surface area (Å²) in [6.07, 6.45) is 9.44. The van der Waals surface area contributed by atoms with Crippen LogP contribution in [0.3, 0.4) is 0 Å². The Morgan fingerprint density at radius 3 is 2.18 bits per heavy atom. The smallest absolute Gasteiger partial charge is 0.119 e. The molecule has 126 valence electrons. The predicted molar refractivity (Wildman–Crippen MR) is 96.6 cm³/mol. The lowest BCUT2D eigenvalue weighted by molar-refractivity contribution is 0.217. The van der Waals surface area contributed by atoms with E-state index in [0.717, 1.165) is 18.7 Å². The largest absolute Gasteiger partial charge is 0.491 e. The fraction of sp³-hybridized carbons (Fsp3) is 0.700. The second-order valence-corrected chi connectivity index (χ2v) is 6.35. The molecule has 0 saturated heterocycles. The number of hydrogen-bond donors (Lipinski definition) is 1. The molecule has 0 heterocycles. The van der Waals surface area contributed by atoms with Crippen LogP contribution in [0.25, 0.3) is 0 Å². The van der Waals surface area contributed by atoms with Gasteiger partial charge in [-0.3, -0.25) is 0 Å². The highest BCUT2D eigenvalue weighted by Gasteiger charge is 2.06. The Bertz CT molecular complexity index is 374. The number of hydrogen-bond acceptors (Lipinski definition) is 2. The summed E-state index contributed by atoms with van der Waals surface area (Å²) in [5, 5.41) is 3.62. The number of nitrogens with one attached hydrogen (secondary N) is 1. The molecule has 0 aliphatic rings. The molecule has 1 aromatic rings. The third-order valence-corrected chi connectivity index (χ3v) is 4.27. The molecule has 0 aliphatic carbocycles. The molecule has 0 fully saturated rings. The summed E-state index contributed by atoms with van der Waals surface area (Å²) >= 11 is 0. The molecule has 0 saturated carbocycles. The molecule has 2 nitrogen and oxygen atoms in total. The Hall–Kier alpha value is -1.02. The first kappa shape index (κ1) is 19.0. The summed E-state index contributed by atoms with van der Waals surface area (Å²) in [5.74, 6) is 0.973. The maximum atomic E-state index is 5.82. The van der Waals surface area contributed by atoms with Gasteiger partial charge in [-0.15, -0.1) is 0 Å². The van der Waals surface area contributed by atoms with Crippen LogP contribution in [-0.4, -0.2) is 12.6 Å². The Kier molecular flexibility index (Phi) is 9.98. The quantitative estimate of drug-likeness (QED) is 0.487. The average Bonchev–Trinajstić information content (AvgIpc) is 2.54. The van der Waals surface area contributed by atoms with E-state index in [1.54, 1.807) is 0 Å². The normalized spacial score (nSPS) is 13.8. The lowest BCUT2D eigenvalue weighted by atomic mass is 10.1. The van der Waals surface area contributed by atoms with E-state index in [9.17, 15) is 0 Å². The van der Waals surface area contributed by atoms with Gasteiger partial charge in [0.25, 0.3) is 0 Å². The molecular formula is C20H35NO. The molecule has 0 aliphatic heterocycles. The van der Waals surface area contributed by atoms with Gasteiger partial charge in [0.05, 0.1) is 6.10 Å². The zero-order chi connectivity index (χ0) is 16.2. The molecular weight excluding hydrogens is 270 g/mol. The van der Waals surface area contributed by atoms with Crippen molar-refractivity contribution in [3.63, 3.8) is 0 Å². The molecule has 1 rings (SSSR count). The van der Waals surface area contributed by atoms with E-state index in [1.165, 1.54) is 44.1 Å². The lowest BCUT2D eigenvalue weighted by Gasteiger charge is -2.16. The zero-order valence-electron chi connectivity index (χ0n) is 15.0. The number of rotatable bonds is 12. The van der Waals surface area contributed by atoms with Crippen LogP contribution in [0, 0.1) is 0 Å². The minimum Gasteiger partial charge on any atom is -0.491 e. The first-order valence-corrected chi connectivity index (χ1v) is 9.17. The van der Waals surface area contributed by atoms with Gasteiger partial charge in [0, 0.05) is 6.04 Å².